The summed E-state index contributed by atoms with van der Waals surface area (Å²) in [4.78, 5) is 14.2. The summed E-state index contributed by atoms with van der Waals surface area (Å²) in [6, 6.07) is 5.79. The third-order valence-corrected chi connectivity index (χ3v) is 3.70. The SMILES string of the molecule is CCN(CC1CCNCC1)C(=O)c1ccc(F)cc1. The summed E-state index contributed by atoms with van der Waals surface area (Å²) < 4.78 is 12.9. The standard InChI is InChI=1S/C15H21FN2O/c1-2-18(11-12-7-9-17-10-8-12)15(19)13-3-5-14(16)6-4-13/h3-6,12,17H,2,7-11H2,1H3. The Balaban J connectivity index is 1.99. The van der Waals surface area contributed by atoms with E-state index in [1.165, 1.54) is 12.1 Å². The van der Waals surface area contributed by atoms with Crippen molar-refractivity contribution in [1.82, 2.24) is 10.2 Å². The van der Waals surface area contributed by atoms with Gasteiger partial charge in [-0.1, -0.05) is 0 Å². The van der Waals surface area contributed by atoms with Crippen LogP contribution < -0.4 is 5.32 Å². The lowest BCUT2D eigenvalue weighted by Gasteiger charge is -2.29. The Morgan fingerprint density at radius 2 is 1.95 bits per heavy atom. The minimum absolute atomic E-state index is 0.000956. The summed E-state index contributed by atoms with van der Waals surface area (Å²) in [6.07, 6.45) is 2.24. The van der Waals surface area contributed by atoms with Crippen LogP contribution in [0.25, 0.3) is 0 Å². The Morgan fingerprint density at radius 1 is 1.32 bits per heavy atom. The maximum Gasteiger partial charge on any atom is 0.253 e. The molecule has 0 saturated carbocycles. The van der Waals surface area contributed by atoms with Crippen molar-refractivity contribution in [1.29, 1.82) is 0 Å². The minimum atomic E-state index is -0.307. The monoisotopic (exact) mass is 264 g/mol. The molecular weight excluding hydrogens is 243 g/mol. The number of hydrogen-bond donors (Lipinski definition) is 1. The molecule has 1 aromatic rings. The molecule has 0 unspecified atom stereocenters. The van der Waals surface area contributed by atoms with Crippen molar-refractivity contribution in [3.8, 4) is 0 Å². The Morgan fingerprint density at radius 3 is 2.53 bits per heavy atom. The van der Waals surface area contributed by atoms with Crippen LogP contribution in [0.15, 0.2) is 24.3 Å². The van der Waals surface area contributed by atoms with Gasteiger partial charge in [0, 0.05) is 18.7 Å². The lowest BCUT2D eigenvalue weighted by Crippen LogP contribution is -2.39. The molecule has 0 spiro atoms. The van der Waals surface area contributed by atoms with E-state index in [4.69, 9.17) is 0 Å². The van der Waals surface area contributed by atoms with Gasteiger partial charge in [0.25, 0.3) is 5.91 Å². The van der Waals surface area contributed by atoms with Gasteiger partial charge < -0.3 is 10.2 Å². The van der Waals surface area contributed by atoms with Crippen molar-refractivity contribution in [2.75, 3.05) is 26.2 Å². The van der Waals surface area contributed by atoms with E-state index in [1.54, 1.807) is 12.1 Å². The summed E-state index contributed by atoms with van der Waals surface area (Å²) in [7, 11) is 0. The van der Waals surface area contributed by atoms with E-state index in [0.717, 1.165) is 32.5 Å². The van der Waals surface area contributed by atoms with Gasteiger partial charge in [-0.2, -0.15) is 0 Å². The number of nitrogens with zero attached hydrogens (tertiary/aromatic N) is 1. The van der Waals surface area contributed by atoms with Gasteiger partial charge in [0.1, 0.15) is 5.82 Å². The van der Waals surface area contributed by atoms with Crippen molar-refractivity contribution in [2.24, 2.45) is 5.92 Å². The fraction of sp³-hybridized carbons (Fsp3) is 0.533. The van der Waals surface area contributed by atoms with Crippen molar-refractivity contribution in [3.05, 3.63) is 35.6 Å². The van der Waals surface area contributed by atoms with Crippen molar-refractivity contribution in [2.45, 2.75) is 19.8 Å². The largest absolute Gasteiger partial charge is 0.339 e. The summed E-state index contributed by atoms with van der Waals surface area (Å²) in [5, 5.41) is 3.33. The molecule has 1 saturated heterocycles. The summed E-state index contributed by atoms with van der Waals surface area (Å²) in [6.45, 7) is 5.55. The Kier molecular flexibility index (Phi) is 4.91. The van der Waals surface area contributed by atoms with Crippen LogP contribution >= 0.6 is 0 Å². The summed E-state index contributed by atoms with van der Waals surface area (Å²) >= 11 is 0. The zero-order valence-electron chi connectivity index (χ0n) is 11.4. The molecule has 3 nitrogen and oxygen atoms in total. The van der Waals surface area contributed by atoms with E-state index in [1.807, 2.05) is 11.8 Å². The number of carbonyl (C=O) groups excluding carboxylic acids is 1. The first-order chi connectivity index (χ1) is 9.20. The third kappa shape index (κ3) is 3.77. The molecule has 1 aromatic carbocycles. The highest BCUT2D eigenvalue weighted by Crippen LogP contribution is 2.15. The normalized spacial score (nSPS) is 16.3. The fourth-order valence-electron chi connectivity index (χ4n) is 2.51. The van der Waals surface area contributed by atoms with Gasteiger partial charge in [-0.15, -0.1) is 0 Å². The van der Waals surface area contributed by atoms with E-state index < -0.39 is 0 Å². The highest BCUT2D eigenvalue weighted by molar-refractivity contribution is 5.94. The molecule has 1 heterocycles. The average molecular weight is 264 g/mol. The molecule has 0 aliphatic carbocycles. The number of piperidine rings is 1. The summed E-state index contributed by atoms with van der Waals surface area (Å²) in [5.74, 6) is 0.268. The number of rotatable bonds is 4. The second-order valence-electron chi connectivity index (χ2n) is 5.04. The van der Waals surface area contributed by atoms with Gasteiger partial charge in [0.15, 0.2) is 0 Å². The minimum Gasteiger partial charge on any atom is -0.339 e. The van der Waals surface area contributed by atoms with Crippen LogP contribution in [0.2, 0.25) is 0 Å². The van der Waals surface area contributed by atoms with Crippen LogP contribution in [-0.2, 0) is 0 Å². The second-order valence-corrected chi connectivity index (χ2v) is 5.04. The molecule has 4 heteroatoms. The molecule has 1 aliphatic rings. The molecule has 0 atom stereocenters. The van der Waals surface area contributed by atoms with Crippen LogP contribution in [0, 0.1) is 11.7 Å². The van der Waals surface area contributed by atoms with Crippen molar-refractivity contribution < 1.29 is 9.18 Å². The molecule has 0 aromatic heterocycles. The zero-order valence-corrected chi connectivity index (χ0v) is 11.4. The van der Waals surface area contributed by atoms with Gasteiger partial charge in [-0.25, -0.2) is 4.39 Å². The topological polar surface area (TPSA) is 32.3 Å². The molecule has 1 fully saturated rings. The highest BCUT2D eigenvalue weighted by Gasteiger charge is 2.20. The van der Waals surface area contributed by atoms with Gasteiger partial charge in [0.05, 0.1) is 0 Å². The Hall–Kier alpha value is -1.42. The Bertz CT molecular complexity index is 413. The molecule has 104 valence electrons. The quantitative estimate of drug-likeness (QED) is 0.905. The number of benzene rings is 1. The predicted molar refractivity (Wildman–Crippen MR) is 73.6 cm³/mol. The van der Waals surface area contributed by atoms with Crippen molar-refractivity contribution >= 4 is 5.91 Å². The molecule has 0 bridgehead atoms. The third-order valence-electron chi connectivity index (χ3n) is 3.70. The zero-order chi connectivity index (χ0) is 13.7. The van der Waals surface area contributed by atoms with Crippen LogP contribution in [0.3, 0.4) is 0 Å². The highest BCUT2D eigenvalue weighted by atomic mass is 19.1. The number of nitrogens with one attached hydrogen (secondary N) is 1. The van der Waals surface area contributed by atoms with E-state index in [-0.39, 0.29) is 11.7 Å². The van der Waals surface area contributed by atoms with Crippen LogP contribution in [-0.4, -0.2) is 37.0 Å². The van der Waals surface area contributed by atoms with Gasteiger partial charge in [-0.3, -0.25) is 4.79 Å². The maximum absolute atomic E-state index is 12.9. The number of amides is 1. The van der Waals surface area contributed by atoms with E-state index >= 15 is 0 Å². The summed E-state index contributed by atoms with van der Waals surface area (Å²) in [5.41, 5.74) is 0.567. The molecule has 1 aliphatic heterocycles. The van der Waals surface area contributed by atoms with Crippen LogP contribution in [0.1, 0.15) is 30.1 Å². The van der Waals surface area contributed by atoms with Crippen LogP contribution in [0.4, 0.5) is 4.39 Å². The number of halogens is 1. The first-order valence-corrected chi connectivity index (χ1v) is 6.96. The maximum atomic E-state index is 12.9. The molecule has 1 N–H and O–H groups in total. The van der Waals surface area contributed by atoms with Gasteiger partial charge >= 0.3 is 0 Å². The van der Waals surface area contributed by atoms with Gasteiger partial charge in [0.2, 0.25) is 0 Å². The number of carbonyl (C=O) groups is 1. The smallest absolute Gasteiger partial charge is 0.253 e. The second kappa shape index (κ2) is 6.66. The molecule has 1 amide bonds. The molecule has 19 heavy (non-hydrogen) atoms. The lowest BCUT2D eigenvalue weighted by molar-refractivity contribution is 0.0726. The molecule has 2 rings (SSSR count). The van der Waals surface area contributed by atoms with E-state index in [0.29, 0.717) is 18.0 Å². The number of hydrogen-bond acceptors (Lipinski definition) is 2. The van der Waals surface area contributed by atoms with Crippen LogP contribution in [0.5, 0.6) is 0 Å². The van der Waals surface area contributed by atoms with Crippen molar-refractivity contribution in [3.63, 3.8) is 0 Å². The molecule has 0 radical (unpaired) electrons. The molecular formula is C15H21FN2O. The Labute approximate surface area is 113 Å². The average Bonchev–Trinajstić information content (AvgIpc) is 2.46. The predicted octanol–water partition coefficient (Wildman–Crippen LogP) is 2.29. The van der Waals surface area contributed by atoms with E-state index in [2.05, 4.69) is 5.32 Å². The van der Waals surface area contributed by atoms with E-state index in [9.17, 15) is 9.18 Å². The first kappa shape index (κ1) is 14.0. The fourth-order valence-corrected chi connectivity index (χ4v) is 2.51. The lowest BCUT2D eigenvalue weighted by atomic mass is 9.97. The van der Waals surface area contributed by atoms with Gasteiger partial charge in [-0.05, 0) is 63.0 Å². The first-order valence-electron chi connectivity index (χ1n) is 6.96.